The summed E-state index contributed by atoms with van der Waals surface area (Å²) in [5.41, 5.74) is 0.529. The molecule has 0 nitrogen and oxygen atoms in total. The van der Waals surface area contributed by atoms with E-state index in [-0.39, 0.29) is 40.0 Å². The van der Waals surface area contributed by atoms with Crippen molar-refractivity contribution in [2.75, 3.05) is 0 Å². The molecule has 0 aromatic heterocycles. The zero-order valence-corrected chi connectivity index (χ0v) is 15.7. The van der Waals surface area contributed by atoms with Crippen LogP contribution in [0.3, 0.4) is 0 Å². The van der Waals surface area contributed by atoms with Crippen molar-refractivity contribution in [1.82, 2.24) is 0 Å². The molecule has 0 aliphatic rings. The Morgan fingerprint density at radius 1 is 1.00 bits per heavy atom. The van der Waals surface area contributed by atoms with Crippen LogP contribution in [0.5, 0.6) is 0 Å². The van der Waals surface area contributed by atoms with Crippen molar-refractivity contribution in [3.8, 4) is 0 Å². The van der Waals surface area contributed by atoms with Crippen LogP contribution in [0.25, 0.3) is 0 Å². The standard InChI is InChI=1S/C10H21.C2H7Si.BrH.Mg/c1-5-6-7-8-9-10(2,3)4;1-3-2;;/h1,5-9H2,2-4H3;3H,1-2H3;1H;/q2*-1;;+2. The van der Waals surface area contributed by atoms with E-state index >= 15 is 0 Å². The molecule has 0 aromatic carbocycles. The number of halogens is 1. The van der Waals surface area contributed by atoms with Crippen molar-refractivity contribution in [3.63, 3.8) is 0 Å². The topological polar surface area (TPSA) is 0 Å². The summed E-state index contributed by atoms with van der Waals surface area (Å²) >= 11 is 0. The van der Waals surface area contributed by atoms with Crippen LogP contribution in [0.2, 0.25) is 13.1 Å². The number of rotatable bonds is 4. The Morgan fingerprint density at radius 2 is 1.40 bits per heavy atom. The van der Waals surface area contributed by atoms with Crippen LogP contribution in [-0.4, -0.2) is 32.6 Å². The predicted octanol–water partition coefficient (Wildman–Crippen LogP) is 4.53. The summed E-state index contributed by atoms with van der Waals surface area (Å²) in [5.74, 6) is 0. The van der Waals surface area contributed by atoms with Crippen LogP contribution in [0.1, 0.15) is 52.9 Å². The molecule has 0 rings (SSSR count). The fraction of sp³-hybridized carbons (Fsp3) is 0.917. The first-order chi connectivity index (χ1) is 5.97. The molecule has 90 valence electrons. The van der Waals surface area contributed by atoms with E-state index in [1.807, 2.05) is 0 Å². The summed E-state index contributed by atoms with van der Waals surface area (Å²) in [5, 5.41) is 0. The van der Waals surface area contributed by atoms with Gasteiger partial charge in [-0.3, -0.25) is 9.52 Å². The van der Waals surface area contributed by atoms with Gasteiger partial charge in [0.2, 0.25) is 0 Å². The molecular weight excluding hydrogens is 276 g/mol. The molecule has 0 spiro atoms. The Kier molecular flexibility index (Phi) is 30.2. The SMILES string of the molecule is Br.C[SiH-]C.[CH2-]CCCCCC(C)(C)C.[Mg+2]. The largest absolute Gasteiger partial charge is 2.00 e. The van der Waals surface area contributed by atoms with E-state index in [9.17, 15) is 0 Å². The van der Waals surface area contributed by atoms with E-state index in [0.29, 0.717) is 5.41 Å². The molecule has 0 aliphatic heterocycles. The van der Waals surface area contributed by atoms with Crippen molar-refractivity contribution in [2.45, 2.75) is 66.0 Å². The molecule has 0 saturated heterocycles. The van der Waals surface area contributed by atoms with Crippen LogP contribution in [0, 0.1) is 12.3 Å². The van der Waals surface area contributed by atoms with Gasteiger partial charge >= 0.3 is 23.1 Å². The third-order valence-electron chi connectivity index (χ3n) is 1.68. The van der Waals surface area contributed by atoms with E-state index in [2.05, 4.69) is 40.8 Å². The van der Waals surface area contributed by atoms with Gasteiger partial charge in [-0.25, -0.2) is 0 Å². The molecule has 0 fully saturated rings. The van der Waals surface area contributed by atoms with Gasteiger partial charge in [0.1, 0.15) is 0 Å². The zero-order valence-electron chi connectivity index (χ0n) is 11.4. The summed E-state index contributed by atoms with van der Waals surface area (Å²) in [4.78, 5) is 0. The van der Waals surface area contributed by atoms with Gasteiger partial charge in [0, 0.05) is 0 Å². The summed E-state index contributed by atoms with van der Waals surface area (Å²) in [6, 6.07) is 0. The normalized spacial score (nSPS) is 9.20. The van der Waals surface area contributed by atoms with Crippen LogP contribution < -0.4 is 0 Å². The Morgan fingerprint density at radius 3 is 1.67 bits per heavy atom. The second-order valence-electron chi connectivity index (χ2n) is 4.80. The first-order valence-electron chi connectivity index (χ1n) is 5.51. The van der Waals surface area contributed by atoms with Crippen molar-refractivity contribution >= 4 is 49.6 Å². The van der Waals surface area contributed by atoms with E-state index in [1.54, 1.807) is 0 Å². The molecule has 0 aromatic rings. The molecule has 0 amide bonds. The maximum atomic E-state index is 3.82. The van der Waals surface area contributed by atoms with Crippen LogP contribution >= 0.6 is 17.0 Å². The number of hydrogen-bond donors (Lipinski definition) is 0. The summed E-state index contributed by atoms with van der Waals surface area (Å²) < 4.78 is 0. The molecule has 0 radical (unpaired) electrons. The van der Waals surface area contributed by atoms with Crippen molar-refractivity contribution in [1.29, 1.82) is 0 Å². The molecule has 0 N–H and O–H groups in total. The van der Waals surface area contributed by atoms with Crippen molar-refractivity contribution < 1.29 is 0 Å². The Labute approximate surface area is 127 Å². The smallest absolute Gasteiger partial charge is 0.343 e. The third-order valence-corrected chi connectivity index (χ3v) is 1.68. The predicted molar refractivity (Wildman–Crippen MR) is 82.9 cm³/mol. The van der Waals surface area contributed by atoms with E-state index < -0.39 is 0 Å². The quantitative estimate of drug-likeness (QED) is 0.406. The molecule has 0 saturated carbocycles. The van der Waals surface area contributed by atoms with Gasteiger partial charge in [-0.2, -0.15) is 19.5 Å². The Bertz CT molecular complexity index is 92.1. The monoisotopic (exact) mass is 304 g/mol. The number of unbranched alkanes of at least 4 members (excludes halogenated alkanes) is 3. The van der Waals surface area contributed by atoms with Crippen LogP contribution in [0.15, 0.2) is 0 Å². The van der Waals surface area contributed by atoms with Crippen molar-refractivity contribution in [3.05, 3.63) is 6.92 Å². The molecule has 0 unspecified atom stereocenters. The molecule has 0 atom stereocenters. The van der Waals surface area contributed by atoms with Crippen molar-refractivity contribution in [2.24, 2.45) is 5.41 Å². The fourth-order valence-corrected chi connectivity index (χ4v) is 1.01. The Balaban J connectivity index is -0.000000108. The van der Waals surface area contributed by atoms with Crippen LogP contribution in [-0.2, 0) is 0 Å². The van der Waals surface area contributed by atoms with Gasteiger partial charge in [-0.05, 0) is 11.8 Å². The van der Waals surface area contributed by atoms with Gasteiger partial charge < -0.3 is 6.92 Å². The molecular formula is C12H29BrMgSi. The minimum absolute atomic E-state index is 0. The maximum Gasteiger partial charge on any atom is 2.00 e. The average Bonchev–Trinajstić information content (AvgIpc) is 1.98. The second kappa shape index (κ2) is 17.8. The van der Waals surface area contributed by atoms with Gasteiger partial charge in [-0.1, -0.05) is 40.0 Å². The molecule has 0 aliphatic carbocycles. The van der Waals surface area contributed by atoms with Gasteiger partial charge in [-0.15, -0.1) is 17.0 Å². The first-order valence-corrected chi connectivity index (χ1v) is 7.82. The fourth-order valence-electron chi connectivity index (χ4n) is 1.01. The van der Waals surface area contributed by atoms with Gasteiger partial charge in [0.15, 0.2) is 0 Å². The van der Waals surface area contributed by atoms with Crippen LogP contribution in [0.4, 0.5) is 0 Å². The maximum absolute atomic E-state index is 3.82. The Hall–Kier alpha value is 1.46. The number of hydrogen-bond acceptors (Lipinski definition) is 0. The molecule has 0 heterocycles. The second-order valence-corrected chi connectivity index (χ2v) is 5.96. The van der Waals surface area contributed by atoms with E-state index in [1.165, 1.54) is 25.7 Å². The third kappa shape index (κ3) is 39.1. The molecule has 3 heteroatoms. The van der Waals surface area contributed by atoms with Gasteiger partial charge in [0.25, 0.3) is 0 Å². The summed E-state index contributed by atoms with van der Waals surface area (Å²) in [6.45, 7) is 15.1. The summed E-state index contributed by atoms with van der Waals surface area (Å²) in [6.07, 6.45) is 6.49. The molecule has 0 bridgehead atoms. The van der Waals surface area contributed by atoms with Gasteiger partial charge in [0.05, 0.1) is 0 Å². The first kappa shape index (κ1) is 25.3. The minimum Gasteiger partial charge on any atom is -0.343 e. The average molecular weight is 306 g/mol. The minimum atomic E-state index is 0. The molecule has 15 heavy (non-hydrogen) atoms. The van der Waals surface area contributed by atoms with E-state index in [4.69, 9.17) is 0 Å². The zero-order chi connectivity index (χ0) is 10.7. The van der Waals surface area contributed by atoms with E-state index in [0.717, 1.165) is 15.9 Å². The summed E-state index contributed by atoms with van der Waals surface area (Å²) in [7, 11) is 0.750.